The van der Waals surface area contributed by atoms with E-state index in [0.29, 0.717) is 17.3 Å². The summed E-state index contributed by atoms with van der Waals surface area (Å²) in [5.41, 5.74) is 3.54. The van der Waals surface area contributed by atoms with Crippen LogP contribution in [-0.2, 0) is 13.0 Å². The van der Waals surface area contributed by atoms with Crippen molar-refractivity contribution < 1.29 is 4.39 Å². The van der Waals surface area contributed by atoms with Gasteiger partial charge in [-0.2, -0.15) is 0 Å². The molecule has 3 aromatic heterocycles. The Morgan fingerprint density at radius 1 is 1.18 bits per heavy atom. The zero-order valence-corrected chi connectivity index (χ0v) is 20.2. The Hall–Kier alpha value is -2.22. The Kier molecular flexibility index (Phi) is 6.54. The first-order valence-electron chi connectivity index (χ1n) is 12.0. The van der Waals surface area contributed by atoms with Crippen molar-refractivity contribution >= 4 is 23.1 Å². The Morgan fingerprint density at radius 2 is 2.00 bits per heavy atom. The summed E-state index contributed by atoms with van der Waals surface area (Å²) in [6.07, 6.45) is 6.19. The summed E-state index contributed by atoms with van der Waals surface area (Å²) in [4.78, 5) is 16.4. The van der Waals surface area contributed by atoms with Crippen LogP contribution in [0.3, 0.4) is 0 Å². The first-order chi connectivity index (χ1) is 16.1. The van der Waals surface area contributed by atoms with E-state index in [4.69, 9.17) is 21.6 Å². The normalized spacial score (nSPS) is 19.4. The summed E-state index contributed by atoms with van der Waals surface area (Å²) in [5, 5.41) is 0.511. The molecule has 6 nitrogen and oxygen atoms in total. The van der Waals surface area contributed by atoms with Gasteiger partial charge in [-0.05, 0) is 63.0 Å². The first kappa shape index (κ1) is 22.6. The second kappa shape index (κ2) is 9.57. The molecular formula is C25H32ClFN6. The topological polar surface area (TPSA) is 39.9 Å². The van der Waals surface area contributed by atoms with Crippen LogP contribution in [0.2, 0.25) is 5.15 Å². The average molecular weight is 471 g/mol. The van der Waals surface area contributed by atoms with Crippen LogP contribution in [0.5, 0.6) is 0 Å². The van der Waals surface area contributed by atoms with Crippen LogP contribution >= 0.6 is 11.6 Å². The molecule has 1 saturated heterocycles. The molecule has 1 fully saturated rings. The predicted molar refractivity (Wildman–Crippen MR) is 130 cm³/mol. The quantitative estimate of drug-likeness (QED) is 0.528. The van der Waals surface area contributed by atoms with E-state index in [1.54, 1.807) is 4.40 Å². The van der Waals surface area contributed by atoms with Gasteiger partial charge >= 0.3 is 0 Å². The van der Waals surface area contributed by atoms with Crippen molar-refractivity contribution in [2.75, 3.05) is 44.7 Å². The number of hydrogen-bond donors (Lipinski definition) is 0. The number of nitrogens with zero attached hydrogens (tertiary/aromatic N) is 6. The summed E-state index contributed by atoms with van der Waals surface area (Å²) in [7, 11) is 2.13. The number of anilines is 1. The van der Waals surface area contributed by atoms with Crippen molar-refractivity contribution in [3.63, 3.8) is 0 Å². The molecule has 1 unspecified atom stereocenters. The number of hydrogen-bond acceptors (Lipinski definition) is 5. The highest BCUT2D eigenvalue weighted by Crippen LogP contribution is 2.35. The van der Waals surface area contributed by atoms with Gasteiger partial charge in [-0.3, -0.25) is 14.3 Å². The third kappa shape index (κ3) is 4.34. The summed E-state index contributed by atoms with van der Waals surface area (Å²) < 4.78 is 16.6. The molecule has 0 N–H and O–H groups in total. The minimum atomic E-state index is -0.340. The van der Waals surface area contributed by atoms with Gasteiger partial charge in [-0.25, -0.2) is 9.37 Å². The Bertz CT molecular complexity index is 1120. The molecule has 2 aliphatic rings. The number of fused-ring (bicyclic) bond motifs is 2. The van der Waals surface area contributed by atoms with E-state index >= 15 is 0 Å². The largest absolute Gasteiger partial charge is 0.355 e. The number of aryl methyl sites for hydroxylation is 1. The van der Waals surface area contributed by atoms with Gasteiger partial charge in [-0.1, -0.05) is 24.6 Å². The molecule has 1 aliphatic carbocycles. The maximum absolute atomic E-state index is 14.8. The molecule has 5 rings (SSSR count). The van der Waals surface area contributed by atoms with E-state index in [1.807, 2.05) is 18.3 Å². The van der Waals surface area contributed by atoms with Crippen molar-refractivity contribution in [1.82, 2.24) is 24.2 Å². The van der Waals surface area contributed by atoms with Gasteiger partial charge in [0.25, 0.3) is 0 Å². The Labute approximate surface area is 200 Å². The van der Waals surface area contributed by atoms with E-state index in [1.165, 1.54) is 17.3 Å². The fraction of sp³-hybridized carbons (Fsp3) is 0.520. The highest BCUT2D eigenvalue weighted by Gasteiger charge is 2.29. The standard InChI is InChI=1S/C25H32ClFN6/c1-3-12-32(21-8-4-6-18-7-5-11-28-23(18)21)17-20-24(26)33-22(10-9-19(27)25(33)29-20)31-15-13-30(2)14-16-31/h5,7,9-11,21H,3-4,6,8,12-17H2,1-2H3. The zero-order valence-electron chi connectivity index (χ0n) is 19.5. The number of halogens is 2. The number of aromatic nitrogens is 3. The van der Waals surface area contributed by atoms with Gasteiger partial charge in [0.05, 0.1) is 17.4 Å². The monoisotopic (exact) mass is 470 g/mol. The van der Waals surface area contributed by atoms with Gasteiger partial charge in [0.2, 0.25) is 0 Å². The fourth-order valence-electron chi connectivity index (χ4n) is 5.26. The van der Waals surface area contributed by atoms with Crippen LogP contribution in [0.15, 0.2) is 30.5 Å². The highest BCUT2D eigenvalue weighted by molar-refractivity contribution is 6.30. The third-order valence-corrected chi connectivity index (χ3v) is 7.39. The predicted octanol–water partition coefficient (Wildman–Crippen LogP) is 4.56. The average Bonchev–Trinajstić information content (AvgIpc) is 3.16. The molecule has 3 aromatic rings. The van der Waals surface area contributed by atoms with Gasteiger partial charge in [0.15, 0.2) is 11.5 Å². The lowest BCUT2D eigenvalue weighted by atomic mass is 9.90. The lowest BCUT2D eigenvalue weighted by Gasteiger charge is -2.34. The van der Waals surface area contributed by atoms with Gasteiger partial charge in [0, 0.05) is 38.9 Å². The van der Waals surface area contributed by atoms with Crippen LogP contribution in [0.1, 0.15) is 49.2 Å². The molecular weight excluding hydrogens is 439 g/mol. The SMILES string of the molecule is CCCN(Cc1nc2c(F)ccc(N3CCN(C)CC3)n2c1Cl)C1CCCc2cccnc21. The van der Waals surface area contributed by atoms with Crippen molar-refractivity contribution in [2.45, 2.75) is 45.2 Å². The van der Waals surface area contributed by atoms with Crippen molar-refractivity contribution in [3.8, 4) is 0 Å². The first-order valence-corrected chi connectivity index (χ1v) is 12.4. The molecule has 0 spiro atoms. The molecule has 1 aliphatic heterocycles. The van der Waals surface area contributed by atoms with Gasteiger partial charge in [-0.15, -0.1) is 0 Å². The summed E-state index contributed by atoms with van der Waals surface area (Å²) in [6.45, 7) is 7.38. The van der Waals surface area contributed by atoms with Crippen molar-refractivity contribution in [3.05, 3.63) is 58.4 Å². The minimum absolute atomic E-state index is 0.234. The van der Waals surface area contributed by atoms with Gasteiger partial charge in [0.1, 0.15) is 11.0 Å². The summed E-state index contributed by atoms with van der Waals surface area (Å²) >= 11 is 6.92. The molecule has 0 radical (unpaired) electrons. The number of likely N-dealkylation sites (N-methyl/N-ethyl adjacent to an activating group) is 1. The maximum Gasteiger partial charge on any atom is 0.176 e. The Balaban J connectivity index is 1.50. The molecule has 4 heterocycles. The number of rotatable bonds is 6. The van der Waals surface area contributed by atoms with E-state index in [2.05, 4.69) is 34.7 Å². The van der Waals surface area contributed by atoms with Crippen LogP contribution in [0, 0.1) is 5.82 Å². The van der Waals surface area contributed by atoms with Crippen molar-refractivity contribution in [1.29, 1.82) is 0 Å². The minimum Gasteiger partial charge on any atom is -0.355 e. The zero-order chi connectivity index (χ0) is 22.9. The van der Waals surface area contributed by atoms with Crippen LogP contribution in [-0.4, -0.2) is 63.9 Å². The molecule has 8 heteroatoms. The van der Waals surface area contributed by atoms with Crippen LogP contribution in [0.4, 0.5) is 10.2 Å². The van der Waals surface area contributed by atoms with E-state index in [-0.39, 0.29) is 11.9 Å². The lowest BCUT2D eigenvalue weighted by molar-refractivity contribution is 0.164. The highest BCUT2D eigenvalue weighted by atomic mass is 35.5. The fourth-order valence-corrected chi connectivity index (χ4v) is 5.53. The van der Waals surface area contributed by atoms with Crippen molar-refractivity contribution in [2.24, 2.45) is 0 Å². The number of piperazine rings is 1. The molecule has 1 atom stereocenters. The van der Waals surface area contributed by atoms with Crippen LogP contribution < -0.4 is 4.90 Å². The number of pyridine rings is 2. The summed E-state index contributed by atoms with van der Waals surface area (Å²) in [5.74, 6) is 0.572. The van der Waals surface area contributed by atoms with E-state index in [0.717, 1.165) is 69.9 Å². The van der Waals surface area contributed by atoms with Crippen LogP contribution in [0.25, 0.3) is 5.65 Å². The lowest BCUT2D eigenvalue weighted by Crippen LogP contribution is -2.45. The molecule has 0 saturated carbocycles. The second-order valence-corrected chi connectivity index (χ2v) is 9.62. The molecule has 0 bridgehead atoms. The molecule has 0 amide bonds. The smallest absolute Gasteiger partial charge is 0.176 e. The van der Waals surface area contributed by atoms with E-state index < -0.39 is 0 Å². The molecule has 0 aromatic carbocycles. The third-order valence-electron chi connectivity index (χ3n) is 7.01. The Morgan fingerprint density at radius 3 is 2.79 bits per heavy atom. The maximum atomic E-state index is 14.8. The van der Waals surface area contributed by atoms with E-state index in [9.17, 15) is 4.39 Å². The van der Waals surface area contributed by atoms with Gasteiger partial charge < -0.3 is 9.80 Å². The molecule has 176 valence electrons. The summed E-state index contributed by atoms with van der Waals surface area (Å²) in [6, 6.07) is 7.79. The molecule has 33 heavy (non-hydrogen) atoms. The number of imidazole rings is 1. The second-order valence-electron chi connectivity index (χ2n) is 9.26.